The second kappa shape index (κ2) is 20.6. The van der Waals surface area contributed by atoms with E-state index in [1.54, 1.807) is 36.4 Å². The number of nitrogens with two attached hydrogens (primary N) is 3. The van der Waals surface area contributed by atoms with Gasteiger partial charge in [0.2, 0.25) is 5.91 Å². The van der Waals surface area contributed by atoms with Crippen molar-refractivity contribution in [3.63, 3.8) is 0 Å². The number of aldehydes is 1. The van der Waals surface area contributed by atoms with Crippen molar-refractivity contribution in [3.05, 3.63) is 65.7 Å². The molecule has 0 aromatic heterocycles. The van der Waals surface area contributed by atoms with Gasteiger partial charge in [0, 0.05) is 24.2 Å². The van der Waals surface area contributed by atoms with Gasteiger partial charge in [0.1, 0.15) is 12.3 Å². The summed E-state index contributed by atoms with van der Waals surface area (Å²) in [5.74, 6) is -1.89. The number of amides is 1. The summed E-state index contributed by atoms with van der Waals surface area (Å²) in [6.45, 7) is 1.76. The molecule has 2 aromatic rings. The molecule has 2 aromatic carbocycles. The zero-order chi connectivity index (χ0) is 28.1. The number of hydrogen-bond donors (Lipinski definition) is 6. The summed E-state index contributed by atoms with van der Waals surface area (Å²) in [5.41, 5.74) is 17.9. The summed E-state index contributed by atoms with van der Waals surface area (Å²) in [7, 11) is 0. The van der Waals surface area contributed by atoms with E-state index in [1.807, 2.05) is 18.2 Å². The summed E-state index contributed by atoms with van der Waals surface area (Å²) in [4.78, 5) is 40.9. The Balaban J connectivity index is 0.000000477. The van der Waals surface area contributed by atoms with E-state index in [2.05, 4.69) is 5.32 Å². The molecule has 0 heterocycles. The van der Waals surface area contributed by atoms with Gasteiger partial charge in [0.15, 0.2) is 0 Å². The van der Waals surface area contributed by atoms with E-state index in [0.29, 0.717) is 30.3 Å². The van der Waals surface area contributed by atoms with E-state index in [-0.39, 0.29) is 12.3 Å². The van der Waals surface area contributed by atoms with Crippen molar-refractivity contribution in [2.45, 2.75) is 64.0 Å². The SMILES string of the molecule is CC(=O)Nc1ccc(C=O)cc1.NC1CCCCC1.NCCC(N)C(=O)O.O=C(O)Cc1ccccc1. The van der Waals surface area contributed by atoms with Crippen LogP contribution in [0, 0.1) is 0 Å². The van der Waals surface area contributed by atoms with Gasteiger partial charge in [-0.25, -0.2) is 0 Å². The molecule has 0 saturated heterocycles. The standard InChI is InChI=1S/C9H9NO2.C8H8O2.C6H13N.C4H10N2O2/c1-7(12)10-9-4-2-8(6-11)3-5-9;9-8(10)6-7-4-2-1-3-5-7;7-6-4-2-1-3-5-6;5-2-1-3(6)4(7)8/h2-6H,1H3,(H,10,12);1-5H,6H2,(H,9,10);6H,1-5,7H2;3H,1-2,5-6H2,(H,7,8). The zero-order valence-electron chi connectivity index (χ0n) is 21.3. The molecular weight excluding hydrogens is 476 g/mol. The molecule has 10 heteroatoms. The van der Waals surface area contributed by atoms with E-state index in [4.69, 9.17) is 27.4 Å². The Morgan fingerprint density at radius 1 is 1.00 bits per heavy atom. The van der Waals surface area contributed by atoms with Gasteiger partial charge in [0.25, 0.3) is 0 Å². The molecule has 0 aliphatic heterocycles. The fraction of sp³-hybridized carbons (Fsp3) is 0.407. The molecule has 1 atom stereocenters. The van der Waals surface area contributed by atoms with E-state index in [1.165, 1.54) is 39.0 Å². The lowest BCUT2D eigenvalue weighted by Crippen LogP contribution is -2.32. The van der Waals surface area contributed by atoms with Crippen molar-refractivity contribution < 1.29 is 29.4 Å². The first-order valence-electron chi connectivity index (χ1n) is 12.1. The molecule has 1 aliphatic rings. The second-order valence-corrected chi connectivity index (χ2v) is 8.40. The molecule has 3 rings (SSSR count). The molecule has 0 bridgehead atoms. The average molecular weight is 517 g/mol. The first-order chi connectivity index (χ1) is 17.6. The first kappa shape index (κ1) is 33.4. The predicted molar refractivity (Wildman–Crippen MR) is 144 cm³/mol. The minimum atomic E-state index is -0.990. The van der Waals surface area contributed by atoms with Gasteiger partial charge in [-0.15, -0.1) is 0 Å². The summed E-state index contributed by atoms with van der Waals surface area (Å²) in [6.07, 6.45) is 7.88. The Morgan fingerprint density at radius 3 is 1.92 bits per heavy atom. The van der Waals surface area contributed by atoms with Crippen molar-refractivity contribution in [2.24, 2.45) is 17.2 Å². The topological polar surface area (TPSA) is 199 Å². The third-order valence-corrected chi connectivity index (χ3v) is 5.01. The Hall–Kier alpha value is -3.60. The van der Waals surface area contributed by atoms with Crippen molar-refractivity contribution in [1.82, 2.24) is 0 Å². The highest BCUT2D eigenvalue weighted by molar-refractivity contribution is 5.89. The molecule has 1 amide bonds. The molecule has 0 spiro atoms. The quantitative estimate of drug-likeness (QED) is 0.299. The third kappa shape index (κ3) is 19.3. The Labute approximate surface area is 218 Å². The number of carbonyl (C=O) groups excluding carboxylic acids is 2. The monoisotopic (exact) mass is 516 g/mol. The van der Waals surface area contributed by atoms with Crippen molar-refractivity contribution in [3.8, 4) is 0 Å². The van der Waals surface area contributed by atoms with Crippen LogP contribution in [0.2, 0.25) is 0 Å². The van der Waals surface area contributed by atoms with E-state index in [0.717, 1.165) is 11.8 Å². The number of carbonyl (C=O) groups is 4. The lowest BCUT2D eigenvalue weighted by Gasteiger charge is -2.15. The molecule has 0 radical (unpaired) electrons. The number of nitrogens with one attached hydrogen (secondary N) is 1. The number of hydrogen-bond acceptors (Lipinski definition) is 7. The number of anilines is 1. The molecule has 1 fully saturated rings. The highest BCUT2D eigenvalue weighted by atomic mass is 16.4. The number of rotatable bonds is 7. The number of carboxylic acid groups (broad SMARTS) is 2. The van der Waals surface area contributed by atoms with Gasteiger partial charge in [-0.3, -0.25) is 19.2 Å². The molecule has 9 N–H and O–H groups in total. The van der Waals surface area contributed by atoms with Crippen LogP contribution < -0.4 is 22.5 Å². The lowest BCUT2D eigenvalue weighted by molar-refractivity contribution is -0.139. The van der Waals surface area contributed by atoms with Crippen molar-refractivity contribution >= 4 is 29.8 Å². The minimum absolute atomic E-state index is 0.112. The number of aliphatic carboxylic acids is 2. The maximum absolute atomic E-state index is 10.6. The maximum atomic E-state index is 10.6. The highest BCUT2D eigenvalue weighted by Gasteiger charge is 2.08. The largest absolute Gasteiger partial charge is 0.481 e. The third-order valence-electron chi connectivity index (χ3n) is 5.01. The van der Waals surface area contributed by atoms with Gasteiger partial charge in [-0.05, 0) is 55.6 Å². The molecule has 1 unspecified atom stereocenters. The average Bonchev–Trinajstić information content (AvgIpc) is 2.86. The fourth-order valence-electron chi connectivity index (χ4n) is 3.06. The van der Waals surface area contributed by atoms with Crippen LogP contribution in [0.4, 0.5) is 5.69 Å². The van der Waals surface area contributed by atoms with Gasteiger partial charge >= 0.3 is 11.9 Å². The van der Waals surface area contributed by atoms with Gasteiger partial charge < -0.3 is 32.7 Å². The maximum Gasteiger partial charge on any atom is 0.320 e. The van der Waals surface area contributed by atoms with Crippen LogP contribution in [0.15, 0.2) is 54.6 Å². The fourth-order valence-corrected chi connectivity index (χ4v) is 3.06. The van der Waals surface area contributed by atoms with Gasteiger partial charge in [0.05, 0.1) is 6.42 Å². The summed E-state index contributed by atoms with van der Waals surface area (Å²) in [5, 5.41) is 19.1. The minimum Gasteiger partial charge on any atom is -0.481 e. The first-order valence-corrected chi connectivity index (χ1v) is 12.1. The van der Waals surface area contributed by atoms with Crippen LogP contribution in [-0.2, 0) is 20.8 Å². The molecular formula is C27H40N4O6. The normalized spacial score (nSPS) is 13.1. The molecule has 10 nitrogen and oxygen atoms in total. The number of benzene rings is 2. The molecule has 204 valence electrons. The zero-order valence-corrected chi connectivity index (χ0v) is 21.3. The van der Waals surface area contributed by atoms with Crippen molar-refractivity contribution in [1.29, 1.82) is 0 Å². The smallest absolute Gasteiger partial charge is 0.320 e. The lowest BCUT2D eigenvalue weighted by atomic mass is 9.97. The van der Waals surface area contributed by atoms with Crippen LogP contribution in [-0.4, -0.2) is 53.0 Å². The molecule has 1 saturated carbocycles. The Bertz CT molecular complexity index is 916. The highest BCUT2D eigenvalue weighted by Crippen LogP contribution is 2.14. The predicted octanol–water partition coefficient (Wildman–Crippen LogP) is 2.80. The summed E-state index contributed by atoms with van der Waals surface area (Å²) in [6, 6.07) is 15.5. The van der Waals surface area contributed by atoms with Crippen LogP contribution in [0.25, 0.3) is 0 Å². The summed E-state index contributed by atoms with van der Waals surface area (Å²) >= 11 is 0. The van der Waals surface area contributed by atoms with E-state index < -0.39 is 18.0 Å². The number of carboxylic acids is 2. The van der Waals surface area contributed by atoms with E-state index in [9.17, 15) is 19.2 Å². The van der Waals surface area contributed by atoms with Gasteiger partial charge in [-0.1, -0.05) is 49.6 Å². The summed E-state index contributed by atoms with van der Waals surface area (Å²) < 4.78 is 0. The Kier molecular flexibility index (Phi) is 18.6. The van der Waals surface area contributed by atoms with E-state index >= 15 is 0 Å². The molecule has 1 aliphatic carbocycles. The van der Waals surface area contributed by atoms with Crippen LogP contribution >= 0.6 is 0 Å². The van der Waals surface area contributed by atoms with Crippen molar-refractivity contribution in [2.75, 3.05) is 11.9 Å². The van der Waals surface area contributed by atoms with Crippen LogP contribution in [0.3, 0.4) is 0 Å². The van der Waals surface area contributed by atoms with Gasteiger partial charge in [-0.2, -0.15) is 0 Å². The van der Waals surface area contributed by atoms with Crippen LogP contribution in [0.1, 0.15) is 61.4 Å². The Morgan fingerprint density at radius 2 is 1.57 bits per heavy atom. The second-order valence-electron chi connectivity index (χ2n) is 8.40. The molecule has 37 heavy (non-hydrogen) atoms. The van der Waals surface area contributed by atoms with Crippen LogP contribution in [0.5, 0.6) is 0 Å².